The molecule has 0 heterocycles. The van der Waals surface area contributed by atoms with Crippen molar-refractivity contribution in [3.63, 3.8) is 0 Å². The minimum absolute atomic E-state index is 0.879. The molecule has 0 spiro atoms. The highest BCUT2D eigenvalue weighted by Gasteiger charge is 2.06. The van der Waals surface area contributed by atoms with Gasteiger partial charge >= 0.3 is 0 Å². The van der Waals surface area contributed by atoms with Crippen LogP contribution in [-0.2, 0) is 6.42 Å². The molecule has 4 heteroatoms. The summed E-state index contributed by atoms with van der Waals surface area (Å²) in [7, 11) is 5.52. The Morgan fingerprint density at radius 3 is 2.56 bits per heavy atom. The second-order valence-electron chi connectivity index (χ2n) is 4.31. The van der Waals surface area contributed by atoms with E-state index in [1.165, 1.54) is 5.56 Å². The zero-order valence-corrected chi connectivity index (χ0v) is 12.4. The number of ether oxygens (including phenoxy) is 2. The molecule has 0 bridgehead atoms. The molecule has 1 rings (SSSR count). The van der Waals surface area contributed by atoms with Crippen LogP contribution in [0.25, 0.3) is 0 Å². The molecule has 0 saturated heterocycles. The second-order valence-corrected chi connectivity index (χ2v) is 4.76. The maximum Gasteiger partial charge on any atom is 0.122 e. The highest BCUT2D eigenvalue weighted by atomic mass is 32.1. The number of nitrogens with zero attached hydrogens (tertiary/aromatic N) is 1. The Hall–Kier alpha value is -0.870. The topological polar surface area (TPSA) is 21.7 Å². The number of likely N-dealkylation sites (N-methyl/N-ethyl adjacent to an activating group) is 1. The molecule has 0 amide bonds. The number of methoxy groups -OCH3 is 2. The van der Waals surface area contributed by atoms with E-state index in [9.17, 15) is 0 Å². The van der Waals surface area contributed by atoms with Gasteiger partial charge in [-0.2, -0.15) is 12.6 Å². The summed E-state index contributed by atoms with van der Waals surface area (Å²) in [6.07, 6.45) is 2.08. The lowest BCUT2D eigenvalue weighted by atomic mass is 10.1. The Balaban J connectivity index is 2.59. The number of thiol groups is 1. The molecule has 0 aliphatic heterocycles. The van der Waals surface area contributed by atoms with E-state index in [0.29, 0.717) is 0 Å². The van der Waals surface area contributed by atoms with Gasteiger partial charge in [-0.3, -0.25) is 0 Å². The average Bonchev–Trinajstić information content (AvgIpc) is 2.42. The van der Waals surface area contributed by atoms with Crippen molar-refractivity contribution in [3.8, 4) is 11.5 Å². The van der Waals surface area contributed by atoms with Crippen LogP contribution in [0.5, 0.6) is 11.5 Å². The lowest BCUT2D eigenvalue weighted by molar-refractivity contribution is 0.336. The first-order chi connectivity index (χ1) is 8.71. The van der Waals surface area contributed by atoms with Gasteiger partial charge in [0.1, 0.15) is 11.5 Å². The maximum atomic E-state index is 5.37. The zero-order valence-electron chi connectivity index (χ0n) is 11.5. The molecule has 0 aliphatic carbocycles. The van der Waals surface area contributed by atoms with Gasteiger partial charge in [0.25, 0.3) is 0 Å². The maximum absolute atomic E-state index is 5.37. The van der Waals surface area contributed by atoms with Crippen molar-refractivity contribution in [2.75, 3.05) is 40.1 Å². The Bertz CT molecular complexity index is 358. The van der Waals surface area contributed by atoms with Crippen LogP contribution in [0, 0.1) is 0 Å². The fraction of sp³-hybridized carbons (Fsp3) is 0.571. The van der Waals surface area contributed by atoms with E-state index in [1.807, 2.05) is 18.2 Å². The van der Waals surface area contributed by atoms with Gasteiger partial charge in [0.05, 0.1) is 14.2 Å². The molecule has 102 valence electrons. The molecule has 18 heavy (non-hydrogen) atoms. The molecule has 1 aromatic carbocycles. The molecule has 0 aromatic heterocycles. The largest absolute Gasteiger partial charge is 0.497 e. The van der Waals surface area contributed by atoms with Crippen molar-refractivity contribution in [1.29, 1.82) is 0 Å². The van der Waals surface area contributed by atoms with E-state index in [0.717, 1.165) is 43.2 Å². The van der Waals surface area contributed by atoms with Crippen molar-refractivity contribution >= 4 is 12.6 Å². The predicted molar refractivity (Wildman–Crippen MR) is 79.2 cm³/mol. The van der Waals surface area contributed by atoms with Crippen molar-refractivity contribution in [2.45, 2.75) is 12.8 Å². The van der Waals surface area contributed by atoms with Gasteiger partial charge in [-0.05, 0) is 55.9 Å². The van der Waals surface area contributed by atoms with Crippen molar-refractivity contribution in [1.82, 2.24) is 4.90 Å². The molecule has 0 saturated carbocycles. The van der Waals surface area contributed by atoms with Crippen molar-refractivity contribution in [2.24, 2.45) is 0 Å². The molecule has 0 N–H and O–H groups in total. The van der Waals surface area contributed by atoms with E-state index in [2.05, 4.69) is 24.6 Å². The minimum atomic E-state index is 0.879. The van der Waals surface area contributed by atoms with E-state index in [1.54, 1.807) is 14.2 Å². The van der Waals surface area contributed by atoms with E-state index in [4.69, 9.17) is 9.47 Å². The fourth-order valence-electron chi connectivity index (χ4n) is 1.84. The highest BCUT2D eigenvalue weighted by molar-refractivity contribution is 7.80. The van der Waals surface area contributed by atoms with Gasteiger partial charge in [0.2, 0.25) is 0 Å². The standard InChI is InChI=1S/C14H23NO2S/c1-15(8-4-10-18)9-7-12-11-13(16-2)5-6-14(12)17-3/h5-6,11,18H,4,7-10H2,1-3H3. The van der Waals surface area contributed by atoms with Gasteiger partial charge in [-0.15, -0.1) is 0 Å². The molecule has 0 unspecified atom stereocenters. The summed E-state index contributed by atoms with van der Waals surface area (Å²) in [5, 5.41) is 0. The van der Waals surface area contributed by atoms with Crippen LogP contribution >= 0.6 is 12.6 Å². The third-order valence-corrected chi connectivity index (χ3v) is 3.26. The fourth-order valence-corrected chi connectivity index (χ4v) is 1.98. The summed E-state index contributed by atoms with van der Waals surface area (Å²) in [6.45, 7) is 2.09. The summed E-state index contributed by atoms with van der Waals surface area (Å²) in [5.74, 6) is 2.74. The molecule has 0 fully saturated rings. The summed E-state index contributed by atoms with van der Waals surface area (Å²) < 4.78 is 10.6. The molecular weight excluding hydrogens is 246 g/mol. The smallest absolute Gasteiger partial charge is 0.122 e. The van der Waals surface area contributed by atoms with Crippen LogP contribution in [0.4, 0.5) is 0 Å². The monoisotopic (exact) mass is 269 g/mol. The number of benzene rings is 1. The highest BCUT2D eigenvalue weighted by Crippen LogP contribution is 2.24. The van der Waals surface area contributed by atoms with Crippen LogP contribution in [0.3, 0.4) is 0 Å². The number of hydrogen-bond donors (Lipinski definition) is 1. The lowest BCUT2D eigenvalue weighted by Gasteiger charge is -2.17. The van der Waals surface area contributed by atoms with Crippen LogP contribution in [-0.4, -0.2) is 45.0 Å². The summed E-state index contributed by atoms with van der Waals surface area (Å²) in [4.78, 5) is 2.31. The van der Waals surface area contributed by atoms with Gasteiger partial charge in [-0.25, -0.2) is 0 Å². The first kappa shape index (κ1) is 15.2. The normalized spacial score (nSPS) is 10.7. The second kappa shape index (κ2) is 8.27. The predicted octanol–water partition coefficient (Wildman–Crippen LogP) is 2.50. The van der Waals surface area contributed by atoms with Gasteiger partial charge in [0.15, 0.2) is 0 Å². The number of rotatable bonds is 8. The van der Waals surface area contributed by atoms with Gasteiger partial charge < -0.3 is 14.4 Å². The number of hydrogen-bond acceptors (Lipinski definition) is 4. The lowest BCUT2D eigenvalue weighted by Crippen LogP contribution is -2.22. The average molecular weight is 269 g/mol. The van der Waals surface area contributed by atoms with Gasteiger partial charge in [0, 0.05) is 6.54 Å². The first-order valence-corrected chi connectivity index (χ1v) is 6.84. The summed E-state index contributed by atoms with van der Waals surface area (Å²) in [5.41, 5.74) is 1.19. The summed E-state index contributed by atoms with van der Waals surface area (Å²) in [6, 6.07) is 5.93. The Labute approximate surface area is 115 Å². The van der Waals surface area contributed by atoms with Crippen LogP contribution < -0.4 is 9.47 Å². The van der Waals surface area contributed by atoms with Crippen LogP contribution in [0.1, 0.15) is 12.0 Å². The van der Waals surface area contributed by atoms with E-state index >= 15 is 0 Å². The van der Waals surface area contributed by atoms with E-state index in [-0.39, 0.29) is 0 Å². The molecule has 0 aliphatic rings. The van der Waals surface area contributed by atoms with Crippen LogP contribution in [0.15, 0.2) is 18.2 Å². The van der Waals surface area contributed by atoms with Gasteiger partial charge in [-0.1, -0.05) is 0 Å². The van der Waals surface area contributed by atoms with Crippen molar-refractivity contribution < 1.29 is 9.47 Å². The van der Waals surface area contributed by atoms with Crippen molar-refractivity contribution in [3.05, 3.63) is 23.8 Å². The third-order valence-electron chi connectivity index (χ3n) is 2.95. The molecule has 1 aromatic rings. The first-order valence-electron chi connectivity index (χ1n) is 6.21. The molecular formula is C14H23NO2S. The Kier molecular flexibility index (Phi) is 6.98. The molecule has 0 atom stereocenters. The molecule has 0 radical (unpaired) electrons. The van der Waals surface area contributed by atoms with Crippen LogP contribution in [0.2, 0.25) is 0 Å². The Morgan fingerprint density at radius 2 is 1.94 bits per heavy atom. The zero-order chi connectivity index (χ0) is 13.4. The quantitative estimate of drug-likeness (QED) is 0.733. The third kappa shape index (κ3) is 4.78. The molecule has 3 nitrogen and oxygen atoms in total. The van der Waals surface area contributed by atoms with E-state index < -0.39 is 0 Å². The summed E-state index contributed by atoms with van der Waals surface area (Å²) >= 11 is 4.23. The Morgan fingerprint density at radius 1 is 1.17 bits per heavy atom. The SMILES string of the molecule is COc1ccc(OC)c(CCN(C)CCCS)c1. The minimum Gasteiger partial charge on any atom is -0.497 e.